The van der Waals surface area contributed by atoms with Crippen molar-refractivity contribution in [3.63, 3.8) is 0 Å². The Bertz CT molecular complexity index is 428. The molecule has 0 aliphatic rings. The highest BCUT2D eigenvalue weighted by atomic mass is 32.1. The molecule has 2 aromatic rings. The third kappa shape index (κ3) is 2.67. The summed E-state index contributed by atoms with van der Waals surface area (Å²) in [5, 5.41) is 2.88. The van der Waals surface area contributed by atoms with Crippen LogP contribution in [0.1, 0.15) is 16.7 Å². The number of carbonyl (C=O) groups is 1. The van der Waals surface area contributed by atoms with Crippen LogP contribution in [0.2, 0.25) is 0 Å². The van der Waals surface area contributed by atoms with E-state index >= 15 is 0 Å². The van der Waals surface area contributed by atoms with Gasteiger partial charge in [-0.2, -0.15) is 0 Å². The van der Waals surface area contributed by atoms with Crippen molar-refractivity contribution < 1.29 is 9.53 Å². The third-order valence-corrected chi connectivity index (χ3v) is 3.04. The molecule has 0 aliphatic carbocycles. The van der Waals surface area contributed by atoms with Crippen molar-refractivity contribution in [2.75, 3.05) is 0 Å². The van der Waals surface area contributed by atoms with Gasteiger partial charge >= 0.3 is 0 Å². The minimum absolute atomic E-state index is 0.246. The zero-order chi connectivity index (χ0) is 11.2. The molecule has 4 heteroatoms. The fraction of sp³-hybridized carbons (Fsp3) is 0.167. The minimum Gasteiger partial charge on any atom is -0.459 e. The summed E-state index contributed by atoms with van der Waals surface area (Å²) in [7, 11) is 0. The number of carbonyl (C=O) groups excluding carboxylic acids is 1. The molecule has 16 heavy (non-hydrogen) atoms. The normalized spacial score (nSPS) is 12.0. The smallest absolute Gasteiger partial charge is 0.293 e. The Hall–Kier alpha value is -1.68. The van der Waals surface area contributed by atoms with Crippen LogP contribution in [0.25, 0.3) is 0 Å². The van der Waals surface area contributed by atoms with E-state index in [1.54, 1.807) is 17.5 Å². The molecule has 0 N–H and O–H groups in total. The first-order valence-electron chi connectivity index (χ1n) is 4.92. The number of nitrogens with zero attached hydrogens (tertiary/aromatic N) is 1. The standard InChI is InChI=1S/C12H11NO2S/c14-9-15-11(8-12-13-6-7-16-12)10-4-2-1-3-5-10/h1-7,9,11H,8H2. The maximum atomic E-state index is 10.5. The Morgan fingerprint density at radius 3 is 2.81 bits per heavy atom. The van der Waals surface area contributed by atoms with Gasteiger partial charge < -0.3 is 4.74 Å². The van der Waals surface area contributed by atoms with Crippen molar-refractivity contribution >= 4 is 17.8 Å². The van der Waals surface area contributed by atoms with E-state index in [9.17, 15) is 4.79 Å². The van der Waals surface area contributed by atoms with Gasteiger partial charge in [-0.05, 0) is 5.56 Å². The van der Waals surface area contributed by atoms with E-state index in [2.05, 4.69) is 4.98 Å². The Morgan fingerprint density at radius 2 is 2.19 bits per heavy atom. The molecule has 0 saturated heterocycles. The van der Waals surface area contributed by atoms with Crippen molar-refractivity contribution in [2.24, 2.45) is 0 Å². The highest BCUT2D eigenvalue weighted by molar-refractivity contribution is 7.09. The highest BCUT2D eigenvalue weighted by Crippen LogP contribution is 2.22. The number of rotatable bonds is 5. The molecule has 0 saturated carbocycles. The monoisotopic (exact) mass is 233 g/mol. The highest BCUT2D eigenvalue weighted by Gasteiger charge is 2.14. The molecular weight excluding hydrogens is 222 g/mol. The number of benzene rings is 1. The minimum atomic E-state index is -0.246. The lowest BCUT2D eigenvalue weighted by atomic mass is 10.1. The summed E-state index contributed by atoms with van der Waals surface area (Å²) >= 11 is 1.56. The fourth-order valence-corrected chi connectivity index (χ4v) is 2.14. The second-order valence-electron chi connectivity index (χ2n) is 3.26. The average Bonchev–Trinajstić information content (AvgIpc) is 2.83. The van der Waals surface area contributed by atoms with Crippen LogP contribution in [0, 0.1) is 0 Å². The molecule has 82 valence electrons. The maximum absolute atomic E-state index is 10.5. The zero-order valence-corrected chi connectivity index (χ0v) is 9.39. The molecule has 1 unspecified atom stereocenters. The predicted octanol–water partition coefficient (Wildman–Crippen LogP) is 2.60. The molecule has 1 aromatic heterocycles. The van der Waals surface area contributed by atoms with Crippen LogP contribution in [-0.2, 0) is 16.0 Å². The Balaban J connectivity index is 2.14. The summed E-state index contributed by atoms with van der Waals surface area (Å²) in [6, 6.07) is 9.69. The first kappa shape index (κ1) is 10.8. The van der Waals surface area contributed by atoms with Crippen LogP contribution >= 0.6 is 11.3 Å². The number of hydrogen-bond acceptors (Lipinski definition) is 4. The Morgan fingerprint density at radius 1 is 1.38 bits per heavy atom. The number of aromatic nitrogens is 1. The SMILES string of the molecule is O=COC(Cc1nccs1)c1ccccc1. The predicted molar refractivity (Wildman–Crippen MR) is 62.2 cm³/mol. The lowest BCUT2D eigenvalue weighted by Gasteiger charge is -2.13. The van der Waals surface area contributed by atoms with Gasteiger partial charge in [0.2, 0.25) is 0 Å². The van der Waals surface area contributed by atoms with Crippen molar-refractivity contribution in [3.05, 3.63) is 52.5 Å². The number of hydrogen-bond donors (Lipinski definition) is 0. The number of ether oxygens (including phenoxy) is 1. The van der Waals surface area contributed by atoms with Crippen LogP contribution in [0.5, 0.6) is 0 Å². The average molecular weight is 233 g/mol. The van der Waals surface area contributed by atoms with E-state index in [1.807, 2.05) is 35.7 Å². The second-order valence-corrected chi connectivity index (χ2v) is 4.24. The lowest BCUT2D eigenvalue weighted by Crippen LogP contribution is -2.06. The summed E-state index contributed by atoms with van der Waals surface area (Å²) in [5.74, 6) is 0. The van der Waals surface area contributed by atoms with Crippen molar-refractivity contribution in [1.29, 1.82) is 0 Å². The topological polar surface area (TPSA) is 39.2 Å². The molecular formula is C12H11NO2S. The van der Waals surface area contributed by atoms with E-state index in [4.69, 9.17) is 4.74 Å². The van der Waals surface area contributed by atoms with Crippen molar-refractivity contribution in [1.82, 2.24) is 4.98 Å². The molecule has 1 aromatic carbocycles. The Kier molecular flexibility index (Phi) is 3.66. The van der Waals surface area contributed by atoms with Gasteiger partial charge in [-0.3, -0.25) is 4.79 Å². The van der Waals surface area contributed by atoms with Gasteiger partial charge in [-0.25, -0.2) is 4.98 Å². The molecule has 0 radical (unpaired) electrons. The van der Waals surface area contributed by atoms with Gasteiger partial charge in [0.25, 0.3) is 6.47 Å². The number of thiazole rings is 1. The zero-order valence-electron chi connectivity index (χ0n) is 8.58. The largest absolute Gasteiger partial charge is 0.459 e. The van der Waals surface area contributed by atoms with Crippen LogP contribution in [0.3, 0.4) is 0 Å². The molecule has 2 rings (SSSR count). The van der Waals surface area contributed by atoms with Gasteiger partial charge in [-0.15, -0.1) is 11.3 Å². The summed E-state index contributed by atoms with van der Waals surface area (Å²) in [6.45, 7) is 0.491. The quantitative estimate of drug-likeness (QED) is 0.745. The van der Waals surface area contributed by atoms with Crippen LogP contribution in [-0.4, -0.2) is 11.5 Å². The third-order valence-electron chi connectivity index (χ3n) is 2.23. The molecule has 1 heterocycles. The molecule has 0 spiro atoms. The van der Waals surface area contributed by atoms with Crippen LogP contribution in [0.15, 0.2) is 41.9 Å². The fourth-order valence-electron chi connectivity index (χ4n) is 1.49. The molecule has 1 atom stereocenters. The van der Waals surface area contributed by atoms with Gasteiger partial charge in [0.1, 0.15) is 6.10 Å². The van der Waals surface area contributed by atoms with E-state index in [-0.39, 0.29) is 6.10 Å². The lowest BCUT2D eigenvalue weighted by molar-refractivity contribution is -0.133. The van der Waals surface area contributed by atoms with Crippen molar-refractivity contribution in [3.8, 4) is 0 Å². The first-order chi connectivity index (χ1) is 7.90. The summed E-state index contributed by atoms with van der Waals surface area (Å²) < 4.78 is 5.09. The van der Waals surface area contributed by atoms with Gasteiger partial charge in [0.05, 0.1) is 5.01 Å². The van der Waals surface area contributed by atoms with Gasteiger partial charge in [0.15, 0.2) is 0 Å². The molecule has 0 fully saturated rings. The molecule has 0 amide bonds. The summed E-state index contributed by atoms with van der Waals surface area (Å²) in [6.07, 6.45) is 2.13. The Labute approximate surface area is 97.7 Å². The summed E-state index contributed by atoms with van der Waals surface area (Å²) in [4.78, 5) is 14.7. The van der Waals surface area contributed by atoms with Crippen molar-refractivity contribution in [2.45, 2.75) is 12.5 Å². The van der Waals surface area contributed by atoms with E-state index in [1.165, 1.54) is 0 Å². The van der Waals surface area contributed by atoms with Gasteiger partial charge in [-0.1, -0.05) is 30.3 Å². The molecule has 3 nitrogen and oxygen atoms in total. The van der Waals surface area contributed by atoms with Gasteiger partial charge in [0, 0.05) is 18.0 Å². The maximum Gasteiger partial charge on any atom is 0.293 e. The first-order valence-corrected chi connectivity index (χ1v) is 5.80. The molecule has 0 bridgehead atoms. The van der Waals surface area contributed by atoms with Crippen LogP contribution in [0.4, 0.5) is 0 Å². The van der Waals surface area contributed by atoms with E-state index in [0.717, 1.165) is 10.6 Å². The summed E-state index contributed by atoms with van der Waals surface area (Å²) in [5.41, 5.74) is 0.991. The van der Waals surface area contributed by atoms with E-state index < -0.39 is 0 Å². The second kappa shape index (κ2) is 5.42. The van der Waals surface area contributed by atoms with Crippen LogP contribution < -0.4 is 0 Å². The van der Waals surface area contributed by atoms with E-state index in [0.29, 0.717) is 12.9 Å². The molecule has 0 aliphatic heterocycles.